The molecule has 0 amide bonds. The molecule has 0 aliphatic heterocycles. The van der Waals surface area contributed by atoms with Crippen LogP contribution in [0.25, 0.3) is 0 Å². The van der Waals surface area contributed by atoms with Crippen LogP contribution in [0.1, 0.15) is 17.7 Å². The Labute approximate surface area is 143 Å². The van der Waals surface area contributed by atoms with Gasteiger partial charge in [-0.05, 0) is 37.1 Å². The number of aliphatic hydroxyl groups is 1. The van der Waals surface area contributed by atoms with E-state index >= 15 is 0 Å². The quantitative estimate of drug-likeness (QED) is 0.792. The number of alkyl halides is 3. The van der Waals surface area contributed by atoms with Crippen molar-refractivity contribution in [3.63, 3.8) is 0 Å². The van der Waals surface area contributed by atoms with E-state index in [0.717, 1.165) is 15.8 Å². The minimum absolute atomic E-state index is 0.116. The molecular weight excluding hydrogens is 395 g/mol. The minimum Gasteiger partial charge on any atom is -0.490 e. The predicted octanol–water partition coefficient (Wildman–Crippen LogP) is 4.51. The fraction of sp³-hybridized carbons (Fsp3) is 0.400. The lowest BCUT2D eigenvalue weighted by Crippen LogP contribution is -2.49. The van der Waals surface area contributed by atoms with E-state index in [1.54, 1.807) is 24.3 Å². The van der Waals surface area contributed by atoms with Crippen molar-refractivity contribution < 1.29 is 23.0 Å². The van der Waals surface area contributed by atoms with Crippen LogP contribution in [0.2, 0.25) is 0 Å². The van der Waals surface area contributed by atoms with Crippen molar-refractivity contribution in [2.75, 3.05) is 6.61 Å². The molecule has 1 unspecified atom stereocenters. The maximum absolute atomic E-state index is 13.5. The summed E-state index contributed by atoms with van der Waals surface area (Å²) in [4.78, 5) is 3.98. The molecule has 3 rings (SSSR count). The Morgan fingerprint density at radius 1 is 1.26 bits per heavy atom. The zero-order valence-corrected chi connectivity index (χ0v) is 14.2. The van der Waals surface area contributed by atoms with Gasteiger partial charge in [0, 0.05) is 10.7 Å². The number of rotatable bonds is 5. The second-order valence-electron chi connectivity index (χ2n) is 5.55. The highest BCUT2D eigenvalue weighted by atomic mass is 79.9. The Morgan fingerprint density at radius 2 is 1.91 bits per heavy atom. The lowest BCUT2D eigenvalue weighted by molar-refractivity contribution is -0.251. The molecule has 1 aliphatic rings. The average molecular weight is 408 g/mol. The van der Waals surface area contributed by atoms with Gasteiger partial charge >= 0.3 is 6.18 Å². The molecule has 1 atom stereocenters. The molecule has 3 nitrogen and oxygen atoms in total. The second-order valence-corrected chi connectivity index (χ2v) is 7.35. The number of aromatic nitrogens is 1. The zero-order valence-electron chi connectivity index (χ0n) is 11.8. The monoisotopic (exact) mass is 407 g/mol. The van der Waals surface area contributed by atoms with Crippen LogP contribution in [0.4, 0.5) is 13.2 Å². The van der Waals surface area contributed by atoms with Gasteiger partial charge in [-0.2, -0.15) is 13.2 Å². The van der Waals surface area contributed by atoms with Crippen LogP contribution in [0.3, 0.4) is 0 Å². The van der Waals surface area contributed by atoms with Crippen LogP contribution in [-0.4, -0.2) is 22.9 Å². The fourth-order valence-electron chi connectivity index (χ4n) is 2.64. The van der Waals surface area contributed by atoms with Gasteiger partial charge in [0.15, 0.2) is 0 Å². The Bertz CT molecular complexity index is 671. The third kappa shape index (κ3) is 2.88. The van der Waals surface area contributed by atoms with E-state index in [-0.39, 0.29) is 17.7 Å². The Kier molecular flexibility index (Phi) is 4.18. The van der Waals surface area contributed by atoms with Crippen molar-refractivity contribution in [2.24, 2.45) is 5.41 Å². The predicted molar refractivity (Wildman–Crippen MR) is 83.4 cm³/mol. The molecule has 0 saturated heterocycles. The number of halogens is 4. The topological polar surface area (TPSA) is 42.4 Å². The molecule has 2 aromatic rings. The summed E-state index contributed by atoms with van der Waals surface area (Å²) in [5, 5.41) is 10.9. The van der Waals surface area contributed by atoms with Gasteiger partial charge in [-0.15, -0.1) is 11.3 Å². The summed E-state index contributed by atoms with van der Waals surface area (Å²) in [7, 11) is 0. The maximum atomic E-state index is 13.5. The van der Waals surface area contributed by atoms with Crippen LogP contribution in [0.5, 0.6) is 5.75 Å². The summed E-state index contributed by atoms with van der Waals surface area (Å²) in [5.74, 6) is 0.397. The van der Waals surface area contributed by atoms with Gasteiger partial charge in [0.25, 0.3) is 0 Å². The third-order valence-corrected chi connectivity index (χ3v) is 5.64. The lowest BCUT2D eigenvalue weighted by atomic mass is 9.83. The Balaban J connectivity index is 1.90. The van der Waals surface area contributed by atoms with Crippen molar-refractivity contribution >= 4 is 27.3 Å². The first kappa shape index (κ1) is 16.7. The summed E-state index contributed by atoms with van der Waals surface area (Å²) in [6.45, 7) is -0.476. The van der Waals surface area contributed by atoms with E-state index in [0.29, 0.717) is 5.75 Å². The smallest absolute Gasteiger partial charge is 0.397 e. The minimum atomic E-state index is -4.51. The van der Waals surface area contributed by atoms with E-state index in [9.17, 15) is 18.3 Å². The van der Waals surface area contributed by atoms with Crippen molar-refractivity contribution in [1.29, 1.82) is 0 Å². The Morgan fingerprint density at radius 3 is 2.39 bits per heavy atom. The first-order chi connectivity index (χ1) is 10.8. The van der Waals surface area contributed by atoms with E-state index in [4.69, 9.17) is 4.74 Å². The SMILES string of the molecule is OC(COc1ccc(Br)cc1)(c1cncs1)C1(C(F)(F)F)CC1. The molecule has 1 heterocycles. The summed E-state index contributed by atoms with van der Waals surface area (Å²) in [6, 6.07) is 6.70. The van der Waals surface area contributed by atoms with Gasteiger partial charge in [0.2, 0.25) is 0 Å². The third-order valence-electron chi connectivity index (χ3n) is 4.19. The molecule has 124 valence electrons. The van der Waals surface area contributed by atoms with Gasteiger partial charge in [-0.3, -0.25) is 4.98 Å². The van der Waals surface area contributed by atoms with Crippen LogP contribution >= 0.6 is 27.3 Å². The van der Waals surface area contributed by atoms with Crippen LogP contribution in [0, 0.1) is 5.41 Å². The van der Waals surface area contributed by atoms with Gasteiger partial charge in [-0.25, -0.2) is 0 Å². The molecule has 0 radical (unpaired) electrons. The second kappa shape index (κ2) is 5.75. The van der Waals surface area contributed by atoms with Crippen LogP contribution < -0.4 is 4.74 Å². The van der Waals surface area contributed by atoms with Crippen molar-refractivity contribution in [3.05, 3.63) is 45.3 Å². The van der Waals surface area contributed by atoms with Crippen molar-refractivity contribution in [2.45, 2.75) is 24.6 Å². The number of thiazole rings is 1. The molecule has 1 N–H and O–H groups in total. The molecule has 23 heavy (non-hydrogen) atoms. The maximum Gasteiger partial charge on any atom is 0.397 e. The standard InChI is InChI=1S/C15H13BrF3NO2S/c16-10-1-3-11(4-2-10)22-8-14(21,12-7-20-9-23-12)13(5-6-13)15(17,18)19/h1-4,7,9,21H,5-6,8H2. The summed E-state index contributed by atoms with van der Waals surface area (Å²) in [6.07, 6.45) is -3.46. The van der Waals surface area contributed by atoms with E-state index in [2.05, 4.69) is 20.9 Å². The summed E-state index contributed by atoms with van der Waals surface area (Å²) >= 11 is 4.28. The normalized spacial score (nSPS) is 19.2. The van der Waals surface area contributed by atoms with Gasteiger partial charge in [-0.1, -0.05) is 15.9 Å². The number of ether oxygens (including phenoxy) is 1. The first-order valence-corrected chi connectivity index (χ1v) is 8.52. The lowest BCUT2D eigenvalue weighted by Gasteiger charge is -2.36. The van der Waals surface area contributed by atoms with Crippen LogP contribution in [-0.2, 0) is 5.60 Å². The highest BCUT2D eigenvalue weighted by Crippen LogP contribution is 2.67. The summed E-state index contributed by atoms with van der Waals surface area (Å²) in [5.41, 5.74) is -2.90. The molecule has 1 aromatic heterocycles. The molecular formula is C15H13BrF3NO2S. The van der Waals surface area contributed by atoms with Gasteiger partial charge in [0.05, 0.1) is 10.4 Å². The first-order valence-electron chi connectivity index (χ1n) is 6.85. The molecule has 1 aromatic carbocycles. The highest BCUT2D eigenvalue weighted by Gasteiger charge is 2.74. The zero-order chi connectivity index (χ0) is 16.7. The van der Waals surface area contributed by atoms with E-state index in [1.807, 2.05) is 0 Å². The number of benzene rings is 1. The summed E-state index contributed by atoms with van der Waals surface area (Å²) < 4.78 is 46.9. The van der Waals surface area contributed by atoms with Crippen molar-refractivity contribution in [1.82, 2.24) is 4.98 Å². The Hall–Kier alpha value is -1.12. The average Bonchev–Trinajstić information content (AvgIpc) is 3.15. The van der Waals surface area contributed by atoms with Crippen molar-refractivity contribution in [3.8, 4) is 5.75 Å². The molecule has 1 saturated carbocycles. The van der Waals surface area contributed by atoms with E-state index in [1.165, 1.54) is 11.7 Å². The van der Waals surface area contributed by atoms with Gasteiger partial charge in [0.1, 0.15) is 23.4 Å². The van der Waals surface area contributed by atoms with Gasteiger partial charge < -0.3 is 9.84 Å². The molecule has 0 bridgehead atoms. The number of hydrogen-bond donors (Lipinski definition) is 1. The fourth-order valence-corrected chi connectivity index (χ4v) is 3.71. The molecule has 1 fully saturated rings. The molecule has 0 spiro atoms. The molecule has 8 heteroatoms. The number of hydrogen-bond acceptors (Lipinski definition) is 4. The van der Waals surface area contributed by atoms with E-state index < -0.39 is 23.8 Å². The largest absolute Gasteiger partial charge is 0.490 e. The highest BCUT2D eigenvalue weighted by molar-refractivity contribution is 9.10. The van der Waals surface area contributed by atoms with Crippen LogP contribution in [0.15, 0.2) is 40.4 Å². The number of nitrogens with zero attached hydrogens (tertiary/aromatic N) is 1. The molecule has 1 aliphatic carbocycles.